The van der Waals surface area contributed by atoms with Crippen LogP contribution in [0.4, 0.5) is 0 Å². The van der Waals surface area contributed by atoms with Crippen LogP contribution in [0, 0.1) is 0 Å². The van der Waals surface area contributed by atoms with E-state index in [4.69, 9.17) is 10.5 Å². The summed E-state index contributed by atoms with van der Waals surface area (Å²) in [5.41, 5.74) is 6.42. The molecule has 0 unspecified atom stereocenters. The van der Waals surface area contributed by atoms with Gasteiger partial charge >= 0.3 is 0 Å². The number of sulfonamides is 1. The van der Waals surface area contributed by atoms with Gasteiger partial charge in [0, 0.05) is 19.6 Å². The van der Waals surface area contributed by atoms with Crippen molar-refractivity contribution >= 4 is 10.0 Å². The van der Waals surface area contributed by atoms with Crippen LogP contribution >= 0.6 is 0 Å². The number of nitrogens with zero attached hydrogens (tertiary/aromatic N) is 1. The lowest BCUT2D eigenvalue weighted by atomic mass is 10.2. The number of nitrogens with two attached hydrogens (primary N) is 1. The molecule has 5 nitrogen and oxygen atoms in total. The highest BCUT2D eigenvalue weighted by molar-refractivity contribution is 7.89. The third kappa shape index (κ3) is 3.71. The Bertz CT molecular complexity index is 523. The third-order valence-corrected chi connectivity index (χ3v) is 4.97. The van der Waals surface area contributed by atoms with Gasteiger partial charge in [-0.25, -0.2) is 8.42 Å². The molecule has 0 amide bonds. The zero-order valence-electron chi connectivity index (χ0n) is 12.4. The Morgan fingerprint density at radius 2 is 1.80 bits per heavy atom. The Balaban J connectivity index is 3.25. The zero-order chi connectivity index (χ0) is 15.2. The molecule has 1 aromatic rings. The van der Waals surface area contributed by atoms with Crippen molar-refractivity contribution in [2.24, 2.45) is 5.73 Å². The van der Waals surface area contributed by atoms with Crippen molar-refractivity contribution in [3.05, 3.63) is 23.8 Å². The molecular formula is C14H24N2O3S. The monoisotopic (exact) mass is 300 g/mol. The molecule has 0 saturated carbocycles. The van der Waals surface area contributed by atoms with Crippen LogP contribution in [0.25, 0.3) is 0 Å². The average Bonchev–Trinajstić information content (AvgIpc) is 2.46. The standard InChI is InChI=1S/C14H24N2O3S/c1-4-8-16(9-5-2)20(17,18)14-7-6-12(11-15)10-13(14)19-3/h6-7,10H,4-5,8-9,11,15H2,1-3H3. The Hall–Kier alpha value is -1.11. The molecule has 0 heterocycles. The maximum absolute atomic E-state index is 12.7. The minimum atomic E-state index is -3.53. The summed E-state index contributed by atoms with van der Waals surface area (Å²) in [7, 11) is -2.05. The van der Waals surface area contributed by atoms with E-state index >= 15 is 0 Å². The van der Waals surface area contributed by atoms with Crippen molar-refractivity contribution in [1.82, 2.24) is 4.31 Å². The van der Waals surface area contributed by atoms with Crippen LogP contribution in [-0.4, -0.2) is 32.9 Å². The number of hydrogen-bond acceptors (Lipinski definition) is 4. The van der Waals surface area contributed by atoms with E-state index in [1.165, 1.54) is 11.4 Å². The molecule has 20 heavy (non-hydrogen) atoms. The molecule has 0 radical (unpaired) electrons. The molecule has 0 aliphatic carbocycles. The summed E-state index contributed by atoms with van der Waals surface area (Å²) in [6.45, 7) is 5.31. The van der Waals surface area contributed by atoms with E-state index in [1.54, 1.807) is 18.2 Å². The van der Waals surface area contributed by atoms with Crippen molar-refractivity contribution in [3.8, 4) is 5.75 Å². The summed E-state index contributed by atoms with van der Waals surface area (Å²) in [6.07, 6.45) is 1.56. The molecule has 2 N–H and O–H groups in total. The highest BCUT2D eigenvalue weighted by Gasteiger charge is 2.26. The second kappa shape index (κ2) is 7.61. The van der Waals surface area contributed by atoms with Crippen LogP contribution in [0.1, 0.15) is 32.3 Å². The second-order valence-corrected chi connectivity index (χ2v) is 6.50. The molecule has 6 heteroatoms. The summed E-state index contributed by atoms with van der Waals surface area (Å²) in [4.78, 5) is 0.208. The molecule has 0 bridgehead atoms. The Kier molecular flexibility index (Phi) is 6.45. The van der Waals surface area contributed by atoms with E-state index in [9.17, 15) is 8.42 Å². The van der Waals surface area contributed by atoms with Crippen LogP contribution in [-0.2, 0) is 16.6 Å². The molecule has 0 fully saturated rings. The fraction of sp³-hybridized carbons (Fsp3) is 0.571. The lowest BCUT2D eigenvalue weighted by molar-refractivity contribution is 0.387. The first-order chi connectivity index (χ1) is 9.51. The van der Waals surface area contributed by atoms with Gasteiger partial charge in [0.05, 0.1) is 7.11 Å². The van der Waals surface area contributed by atoms with Crippen molar-refractivity contribution in [2.45, 2.75) is 38.1 Å². The molecule has 1 rings (SSSR count). The largest absolute Gasteiger partial charge is 0.495 e. The van der Waals surface area contributed by atoms with Gasteiger partial charge < -0.3 is 10.5 Å². The van der Waals surface area contributed by atoms with Gasteiger partial charge in [-0.05, 0) is 30.5 Å². The van der Waals surface area contributed by atoms with Crippen molar-refractivity contribution in [1.29, 1.82) is 0 Å². The van der Waals surface area contributed by atoms with Crippen molar-refractivity contribution in [3.63, 3.8) is 0 Å². The first kappa shape index (κ1) is 16.9. The molecule has 1 aromatic carbocycles. The lowest BCUT2D eigenvalue weighted by Gasteiger charge is -2.22. The van der Waals surface area contributed by atoms with E-state index in [2.05, 4.69) is 0 Å². The van der Waals surface area contributed by atoms with E-state index in [0.717, 1.165) is 18.4 Å². The quantitative estimate of drug-likeness (QED) is 0.796. The molecular weight excluding hydrogens is 276 g/mol. The maximum atomic E-state index is 12.7. The smallest absolute Gasteiger partial charge is 0.246 e. The number of rotatable bonds is 8. The molecule has 0 aliphatic rings. The van der Waals surface area contributed by atoms with Gasteiger partial charge in [0.1, 0.15) is 10.6 Å². The van der Waals surface area contributed by atoms with Gasteiger partial charge in [-0.3, -0.25) is 0 Å². The number of hydrogen-bond donors (Lipinski definition) is 1. The second-order valence-electron chi connectivity index (χ2n) is 4.59. The predicted molar refractivity (Wildman–Crippen MR) is 80.2 cm³/mol. The van der Waals surface area contributed by atoms with Crippen LogP contribution in [0.3, 0.4) is 0 Å². The molecule has 0 atom stereocenters. The van der Waals surface area contributed by atoms with Crippen LogP contribution in [0.15, 0.2) is 23.1 Å². The molecule has 0 saturated heterocycles. The van der Waals surface area contributed by atoms with Crippen LogP contribution < -0.4 is 10.5 Å². The summed E-state index contributed by atoms with van der Waals surface area (Å²) in [5.74, 6) is 0.352. The SMILES string of the molecule is CCCN(CCC)S(=O)(=O)c1ccc(CN)cc1OC. The van der Waals surface area contributed by atoms with Crippen molar-refractivity contribution in [2.75, 3.05) is 20.2 Å². The first-order valence-electron chi connectivity index (χ1n) is 6.88. The van der Waals surface area contributed by atoms with Crippen LogP contribution in [0.2, 0.25) is 0 Å². The summed E-state index contributed by atoms with van der Waals surface area (Å²) in [5, 5.41) is 0. The maximum Gasteiger partial charge on any atom is 0.246 e. The minimum absolute atomic E-state index is 0.208. The third-order valence-electron chi connectivity index (χ3n) is 3.03. The first-order valence-corrected chi connectivity index (χ1v) is 8.32. The van der Waals surface area contributed by atoms with E-state index in [1.807, 2.05) is 13.8 Å². The fourth-order valence-corrected chi connectivity index (χ4v) is 3.80. The van der Waals surface area contributed by atoms with Gasteiger partial charge in [-0.15, -0.1) is 0 Å². The topological polar surface area (TPSA) is 72.6 Å². The molecule has 114 valence electrons. The van der Waals surface area contributed by atoms with Gasteiger partial charge in [0.2, 0.25) is 10.0 Å². The number of benzene rings is 1. The predicted octanol–water partition coefficient (Wildman–Crippen LogP) is 1.96. The minimum Gasteiger partial charge on any atom is -0.495 e. The van der Waals surface area contributed by atoms with Gasteiger partial charge in [-0.1, -0.05) is 19.9 Å². The van der Waals surface area contributed by atoms with Gasteiger partial charge in [0.15, 0.2) is 0 Å². The van der Waals surface area contributed by atoms with E-state index in [0.29, 0.717) is 25.4 Å². The fourth-order valence-electron chi connectivity index (χ4n) is 2.04. The summed E-state index contributed by atoms with van der Waals surface area (Å²) < 4.78 is 32.1. The van der Waals surface area contributed by atoms with Crippen LogP contribution in [0.5, 0.6) is 5.75 Å². The van der Waals surface area contributed by atoms with Crippen molar-refractivity contribution < 1.29 is 13.2 Å². The Morgan fingerprint density at radius 3 is 2.25 bits per heavy atom. The van der Waals surface area contributed by atoms with Gasteiger partial charge in [0.25, 0.3) is 0 Å². The van der Waals surface area contributed by atoms with E-state index < -0.39 is 10.0 Å². The summed E-state index contributed by atoms with van der Waals surface area (Å²) in [6, 6.07) is 4.99. The highest BCUT2D eigenvalue weighted by Crippen LogP contribution is 2.28. The average molecular weight is 300 g/mol. The highest BCUT2D eigenvalue weighted by atomic mass is 32.2. The van der Waals surface area contributed by atoms with E-state index in [-0.39, 0.29) is 4.90 Å². The number of methoxy groups -OCH3 is 1. The van der Waals surface area contributed by atoms with Gasteiger partial charge in [-0.2, -0.15) is 4.31 Å². The normalized spacial score (nSPS) is 11.8. The Morgan fingerprint density at radius 1 is 1.20 bits per heavy atom. The Labute approximate surface area is 121 Å². The molecule has 0 spiro atoms. The molecule has 0 aliphatic heterocycles. The number of ether oxygens (including phenoxy) is 1. The lowest BCUT2D eigenvalue weighted by Crippen LogP contribution is -2.32. The molecule has 0 aromatic heterocycles. The zero-order valence-corrected chi connectivity index (χ0v) is 13.2. The summed E-state index contributed by atoms with van der Waals surface area (Å²) >= 11 is 0.